The Morgan fingerprint density at radius 2 is 2.25 bits per heavy atom. The molecule has 84 valence electrons. The van der Waals surface area contributed by atoms with Crippen LogP contribution < -0.4 is 11.2 Å². The van der Waals surface area contributed by atoms with Crippen molar-refractivity contribution in [3.63, 3.8) is 0 Å². The van der Waals surface area contributed by atoms with Crippen molar-refractivity contribution in [2.24, 2.45) is 0 Å². The third-order valence-electron chi connectivity index (χ3n) is 2.32. The van der Waals surface area contributed by atoms with Crippen molar-refractivity contribution in [2.45, 2.75) is 0 Å². The summed E-state index contributed by atoms with van der Waals surface area (Å²) in [5, 5.41) is 10.7. The molecule has 0 atom stereocenters. The molecule has 16 heavy (non-hydrogen) atoms. The first kappa shape index (κ1) is 10.7. The second kappa shape index (κ2) is 4.79. The average Bonchev–Trinajstić information content (AvgIpc) is 2.33. The number of hydrogen-bond donors (Lipinski definition) is 2. The number of hydrogen-bond acceptors (Lipinski definition) is 6. The molecule has 0 bridgehead atoms. The van der Waals surface area contributed by atoms with Crippen molar-refractivity contribution in [3.8, 4) is 6.07 Å². The number of nitrogen functional groups attached to an aromatic ring is 1. The molecule has 1 aliphatic heterocycles. The summed E-state index contributed by atoms with van der Waals surface area (Å²) in [6, 6.07) is 3.60. The maximum Gasteiger partial charge on any atom is 0.163 e. The summed E-state index contributed by atoms with van der Waals surface area (Å²) >= 11 is 0. The minimum absolute atomic E-state index is 0.463. The average molecular weight is 219 g/mol. The van der Waals surface area contributed by atoms with E-state index in [1.807, 2.05) is 11.1 Å². The standard InChI is InChI=1S/C10H13N5O/c11-6-8-5-9(12)10(13-7-8)14-15-1-3-16-4-2-15/h5,7H,1-4,12H2,(H,13,14). The summed E-state index contributed by atoms with van der Waals surface area (Å²) in [4.78, 5) is 4.10. The fraction of sp³-hybridized carbons (Fsp3) is 0.400. The molecule has 0 amide bonds. The number of nitriles is 1. The number of anilines is 2. The molecule has 2 rings (SSSR count). The molecular weight excluding hydrogens is 206 g/mol. The zero-order valence-electron chi connectivity index (χ0n) is 8.81. The number of ether oxygens (including phenoxy) is 1. The van der Waals surface area contributed by atoms with E-state index in [1.165, 1.54) is 6.20 Å². The van der Waals surface area contributed by atoms with Crippen LogP contribution >= 0.6 is 0 Å². The lowest BCUT2D eigenvalue weighted by molar-refractivity contribution is 0.0495. The van der Waals surface area contributed by atoms with Crippen LogP contribution in [0.25, 0.3) is 0 Å². The summed E-state index contributed by atoms with van der Waals surface area (Å²) in [6.45, 7) is 2.98. The first-order valence-electron chi connectivity index (χ1n) is 5.04. The number of nitrogens with zero attached hydrogens (tertiary/aromatic N) is 3. The van der Waals surface area contributed by atoms with Crippen LogP contribution in [0.1, 0.15) is 5.56 Å². The quantitative estimate of drug-likeness (QED) is 0.738. The summed E-state index contributed by atoms with van der Waals surface area (Å²) in [7, 11) is 0. The number of hydrazine groups is 1. The van der Waals surface area contributed by atoms with E-state index < -0.39 is 0 Å². The normalized spacial score (nSPS) is 16.7. The van der Waals surface area contributed by atoms with Gasteiger partial charge in [0.05, 0.1) is 24.5 Å². The van der Waals surface area contributed by atoms with Gasteiger partial charge in [0.15, 0.2) is 5.82 Å². The van der Waals surface area contributed by atoms with Crippen molar-refractivity contribution in [2.75, 3.05) is 37.5 Å². The highest BCUT2D eigenvalue weighted by molar-refractivity contribution is 5.62. The molecule has 1 aromatic rings. The topological polar surface area (TPSA) is 87.2 Å². The smallest absolute Gasteiger partial charge is 0.163 e. The van der Waals surface area contributed by atoms with Crippen LogP contribution in [0.5, 0.6) is 0 Å². The number of morpholine rings is 1. The van der Waals surface area contributed by atoms with Gasteiger partial charge in [0.25, 0.3) is 0 Å². The fourth-order valence-electron chi connectivity index (χ4n) is 1.46. The van der Waals surface area contributed by atoms with E-state index in [4.69, 9.17) is 15.7 Å². The monoisotopic (exact) mass is 219 g/mol. The number of rotatable bonds is 2. The third-order valence-corrected chi connectivity index (χ3v) is 2.32. The van der Waals surface area contributed by atoms with E-state index in [0.29, 0.717) is 30.3 Å². The van der Waals surface area contributed by atoms with E-state index in [2.05, 4.69) is 10.4 Å². The fourth-order valence-corrected chi connectivity index (χ4v) is 1.46. The minimum atomic E-state index is 0.463. The molecular formula is C10H13N5O. The molecule has 1 fully saturated rings. The number of nitrogens with two attached hydrogens (primary N) is 1. The molecule has 0 aliphatic carbocycles. The number of nitrogens with one attached hydrogen (secondary N) is 1. The van der Waals surface area contributed by atoms with Gasteiger partial charge in [-0.2, -0.15) is 5.26 Å². The highest BCUT2D eigenvalue weighted by Crippen LogP contribution is 2.16. The van der Waals surface area contributed by atoms with Crippen molar-refractivity contribution >= 4 is 11.5 Å². The van der Waals surface area contributed by atoms with Gasteiger partial charge < -0.3 is 15.9 Å². The van der Waals surface area contributed by atoms with E-state index in [0.717, 1.165) is 13.1 Å². The van der Waals surface area contributed by atoms with Crippen LogP contribution in [0.4, 0.5) is 11.5 Å². The highest BCUT2D eigenvalue weighted by atomic mass is 16.5. The SMILES string of the molecule is N#Cc1cnc(NN2CCOCC2)c(N)c1. The summed E-state index contributed by atoms with van der Waals surface area (Å²) in [5.74, 6) is 0.584. The lowest BCUT2D eigenvalue weighted by Crippen LogP contribution is -2.40. The molecule has 0 saturated carbocycles. The van der Waals surface area contributed by atoms with Crippen LogP contribution in [-0.2, 0) is 4.74 Å². The lowest BCUT2D eigenvalue weighted by Gasteiger charge is -2.27. The van der Waals surface area contributed by atoms with Crippen molar-refractivity contribution in [1.29, 1.82) is 5.26 Å². The van der Waals surface area contributed by atoms with Crippen LogP contribution in [0.2, 0.25) is 0 Å². The Bertz CT molecular complexity index is 408. The van der Waals surface area contributed by atoms with Crippen molar-refractivity contribution < 1.29 is 4.74 Å². The zero-order chi connectivity index (χ0) is 11.4. The van der Waals surface area contributed by atoms with Crippen LogP contribution in [0.15, 0.2) is 12.3 Å². The molecule has 0 unspecified atom stereocenters. The predicted octanol–water partition coefficient (Wildman–Crippen LogP) is 0.195. The van der Waals surface area contributed by atoms with Crippen LogP contribution in [-0.4, -0.2) is 36.3 Å². The third kappa shape index (κ3) is 2.39. The molecule has 0 aromatic carbocycles. The van der Waals surface area contributed by atoms with Gasteiger partial charge in [0, 0.05) is 19.3 Å². The van der Waals surface area contributed by atoms with Gasteiger partial charge in [0.2, 0.25) is 0 Å². The van der Waals surface area contributed by atoms with Gasteiger partial charge in [-0.25, -0.2) is 9.99 Å². The molecule has 0 radical (unpaired) electrons. The van der Waals surface area contributed by atoms with E-state index >= 15 is 0 Å². The van der Waals surface area contributed by atoms with Crippen LogP contribution in [0, 0.1) is 11.3 Å². The molecule has 2 heterocycles. The van der Waals surface area contributed by atoms with Crippen molar-refractivity contribution in [3.05, 3.63) is 17.8 Å². The first-order chi connectivity index (χ1) is 7.79. The number of pyridine rings is 1. The molecule has 6 nitrogen and oxygen atoms in total. The molecule has 1 saturated heterocycles. The van der Waals surface area contributed by atoms with Gasteiger partial charge in [-0.1, -0.05) is 0 Å². The Morgan fingerprint density at radius 3 is 2.88 bits per heavy atom. The van der Waals surface area contributed by atoms with Gasteiger partial charge in [-0.15, -0.1) is 0 Å². The molecule has 1 aliphatic rings. The molecule has 6 heteroatoms. The van der Waals surface area contributed by atoms with Gasteiger partial charge in [-0.3, -0.25) is 0 Å². The van der Waals surface area contributed by atoms with Gasteiger partial charge in [0.1, 0.15) is 6.07 Å². The Balaban J connectivity index is 2.06. The van der Waals surface area contributed by atoms with Crippen LogP contribution in [0.3, 0.4) is 0 Å². The Morgan fingerprint density at radius 1 is 1.50 bits per heavy atom. The van der Waals surface area contributed by atoms with Gasteiger partial charge in [-0.05, 0) is 6.07 Å². The molecule has 0 spiro atoms. The summed E-state index contributed by atoms with van der Waals surface area (Å²) < 4.78 is 5.23. The summed E-state index contributed by atoms with van der Waals surface area (Å²) in [5.41, 5.74) is 9.83. The van der Waals surface area contributed by atoms with Crippen molar-refractivity contribution in [1.82, 2.24) is 9.99 Å². The minimum Gasteiger partial charge on any atom is -0.396 e. The maximum absolute atomic E-state index is 8.68. The zero-order valence-corrected chi connectivity index (χ0v) is 8.81. The Labute approximate surface area is 93.6 Å². The summed E-state index contributed by atoms with van der Waals surface area (Å²) in [6.07, 6.45) is 1.50. The Hall–Kier alpha value is -1.84. The first-order valence-corrected chi connectivity index (χ1v) is 5.04. The van der Waals surface area contributed by atoms with E-state index in [-0.39, 0.29) is 0 Å². The maximum atomic E-state index is 8.68. The second-order valence-electron chi connectivity index (χ2n) is 3.48. The molecule has 3 N–H and O–H groups in total. The molecule has 1 aromatic heterocycles. The lowest BCUT2D eigenvalue weighted by atomic mass is 10.3. The highest BCUT2D eigenvalue weighted by Gasteiger charge is 2.12. The second-order valence-corrected chi connectivity index (χ2v) is 3.48. The van der Waals surface area contributed by atoms with Gasteiger partial charge >= 0.3 is 0 Å². The predicted molar refractivity (Wildman–Crippen MR) is 59.4 cm³/mol. The Kier molecular flexibility index (Phi) is 3.19. The number of aromatic nitrogens is 1. The largest absolute Gasteiger partial charge is 0.396 e. The van der Waals surface area contributed by atoms with E-state index in [9.17, 15) is 0 Å². The van der Waals surface area contributed by atoms with E-state index in [1.54, 1.807) is 6.07 Å².